The van der Waals surface area contributed by atoms with E-state index in [-0.39, 0.29) is 35.5 Å². The van der Waals surface area contributed by atoms with Crippen LogP contribution in [-0.2, 0) is 9.47 Å². The molecule has 0 spiro atoms. The van der Waals surface area contributed by atoms with Crippen LogP contribution < -0.4 is 14.2 Å². The number of carbonyl (C=O) groups is 1. The molecule has 1 aromatic heterocycles. The quantitative estimate of drug-likeness (QED) is 0.424. The van der Waals surface area contributed by atoms with Gasteiger partial charge in [-0.25, -0.2) is 9.18 Å². The molecule has 0 saturated carbocycles. The molecule has 0 unspecified atom stereocenters. The molecule has 2 heterocycles. The number of likely N-dealkylation sites (tertiary alicyclic amines) is 1. The van der Waals surface area contributed by atoms with Gasteiger partial charge in [0.25, 0.3) is 0 Å². The average Bonchev–Trinajstić information content (AvgIpc) is 2.77. The molecule has 2 aromatic rings. The van der Waals surface area contributed by atoms with E-state index in [0.29, 0.717) is 56.6 Å². The van der Waals surface area contributed by atoms with Gasteiger partial charge < -0.3 is 28.6 Å². The molecule has 10 heteroatoms. The second-order valence-electron chi connectivity index (χ2n) is 9.83. The number of aromatic nitrogens is 2. The van der Waals surface area contributed by atoms with Crippen LogP contribution in [-0.4, -0.2) is 65.1 Å². The van der Waals surface area contributed by atoms with Crippen LogP contribution in [0.2, 0.25) is 0 Å². The minimum Gasteiger partial charge on any atom is -0.491 e. The molecule has 198 valence electrons. The number of benzene rings is 1. The van der Waals surface area contributed by atoms with Crippen molar-refractivity contribution >= 4 is 6.09 Å². The third kappa shape index (κ3) is 8.82. The average molecular weight is 506 g/mol. The molecule has 1 fully saturated rings. The summed E-state index contributed by atoms with van der Waals surface area (Å²) < 4.78 is 42.7. The van der Waals surface area contributed by atoms with Crippen LogP contribution >= 0.6 is 0 Å². The van der Waals surface area contributed by atoms with Gasteiger partial charge in [-0.15, -0.1) is 0 Å². The summed E-state index contributed by atoms with van der Waals surface area (Å²) in [6, 6.07) is 5.90. The lowest BCUT2D eigenvalue weighted by molar-refractivity contribution is -0.0163. The Morgan fingerprint density at radius 3 is 2.44 bits per heavy atom. The fourth-order valence-corrected chi connectivity index (χ4v) is 3.50. The summed E-state index contributed by atoms with van der Waals surface area (Å²) in [4.78, 5) is 22.3. The van der Waals surface area contributed by atoms with Crippen LogP contribution in [0.15, 0.2) is 24.3 Å². The van der Waals surface area contributed by atoms with Gasteiger partial charge in [0.15, 0.2) is 11.6 Å². The van der Waals surface area contributed by atoms with Crippen molar-refractivity contribution in [2.45, 2.75) is 72.2 Å². The smallest absolute Gasteiger partial charge is 0.410 e. The number of halogens is 1. The molecular formula is C26H36FN3O6. The number of hydrogen-bond acceptors (Lipinski definition) is 8. The van der Waals surface area contributed by atoms with E-state index in [1.165, 1.54) is 18.2 Å². The zero-order valence-electron chi connectivity index (χ0n) is 21.9. The van der Waals surface area contributed by atoms with Crippen molar-refractivity contribution < 1.29 is 32.9 Å². The minimum atomic E-state index is -0.580. The van der Waals surface area contributed by atoms with Crippen LogP contribution in [0.3, 0.4) is 0 Å². The van der Waals surface area contributed by atoms with Crippen molar-refractivity contribution in [3.05, 3.63) is 35.9 Å². The maximum Gasteiger partial charge on any atom is 0.410 e. The molecule has 0 bridgehead atoms. The van der Waals surface area contributed by atoms with Gasteiger partial charge in [-0.05, 0) is 53.7 Å². The number of carbonyl (C=O) groups excluding carboxylic acids is 1. The molecule has 0 radical (unpaired) electrons. The Morgan fingerprint density at radius 2 is 1.81 bits per heavy atom. The lowest BCUT2D eigenvalue weighted by Gasteiger charge is -2.31. The molecule has 0 N–H and O–H groups in total. The first-order chi connectivity index (χ1) is 17.0. The summed E-state index contributed by atoms with van der Waals surface area (Å²) in [5.74, 6) is 0.739. The predicted molar refractivity (Wildman–Crippen MR) is 131 cm³/mol. The van der Waals surface area contributed by atoms with Gasteiger partial charge in [0.1, 0.15) is 24.3 Å². The summed E-state index contributed by atoms with van der Waals surface area (Å²) in [6.07, 6.45) is 0.696. The zero-order valence-corrected chi connectivity index (χ0v) is 21.9. The number of hydrogen-bond donors (Lipinski definition) is 0. The van der Waals surface area contributed by atoms with E-state index < -0.39 is 5.82 Å². The maximum atomic E-state index is 14.6. The Labute approximate surface area is 211 Å². The number of piperidine rings is 1. The minimum absolute atomic E-state index is 0.00862. The van der Waals surface area contributed by atoms with Gasteiger partial charge in [0.05, 0.1) is 24.4 Å². The van der Waals surface area contributed by atoms with Crippen LogP contribution in [0, 0.1) is 12.7 Å². The Bertz CT molecular complexity index is 1020. The van der Waals surface area contributed by atoms with Crippen molar-refractivity contribution in [1.82, 2.24) is 14.9 Å². The Hall–Kier alpha value is -3.14. The molecule has 3 rings (SSSR count). The highest BCUT2D eigenvalue weighted by molar-refractivity contribution is 5.67. The molecule has 36 heavy (non-hydrogen) atoms. The second-order valence-corrected chi connectivity index (χ2v) is 9.83. The number of nitrogens with zero attached hydrogens (tertiary/aromatic N) is 3. The fraction of sp³-hybridized carbons (Fsp3) is 0.577. The molecule has 9 nitrogen and oxygen atoms in total. The van der Waals surface area contributed by atoms with E-state index in [2.05, 4.69) is 9.97 Å². The number of amides is 1. The summed E-state index contributed by atoms with van der Waals surface area (Å²) in [5, 5.41) is 0. The Balaban J connectivity index is 1.55. The van der Waals surface area contributed by atoms with Gasteiger partial charge >= 0.3 is 6.09 Å². The first-order valence-corrected chi connectivity index (χ1v) is 12.2. The number of rotatable bonds is 9. The summed E-state index contributed by atoms with van der Waals surface area (Å²) in [5.41, 5.74) is -0.261. The third-order valence-electron chi connectivity index (χ3n) is 5.12. The lowest BCUT2D eigenvalue weighted by atomic mass is 10.1. The standard InChI is InChI=1S/C26H36FN3O6/c1-17(2)34-25(31)30-11-9-19(10-12-30)35-23-16-24(29-18(3)28-23)36-22-8-7-20(15-21(22)27)32-13-14-33-26(4,5)6/h7-8,15-17,19H,9-14H2,1-6H3. The SMILES string of the molecule is Cc1nc(Oc2ccc(OCCOC(C)(C)C)cc2F)cc(OC2CCN(C(=O)OC(C)C)CC2)n1. The van der Waals surface area contributed by atoms with E-state index in [4.69, 9.17) is 23.7 Å². The fourth-order valence-electron chi connectivity index (χ4n) is 3.50. The topological polar surface area (TPSA) is 92.2 Å². The predicted octanol–water partition coefficient (Wildman–Crippen LogP) is 5.30. The van der Waals surface area contributed by atoms with Crippen LogP contribution in [0.1, 0.15) is 53.3 Å². The van der Waals surface area contributed by atoms with E-state index in [1.807, 2.05) is 34.6 Å². The van der Waals surface area contributed by atoms with E-state index in [0.717, 1.165) is 0 Å². The lowest BCUT2D eigenvalue weighted by Crippen LogP contribution is -2.42. The van der Waals surface area contributed by atoms with Gasteiger partial charge in [-0.2, -0.15) is 9.97 Å². The second kappa shape index (κ2) is 12.2. The molecule has 1 aromatic carbocycles. The largest absolute Gasteiger partial charge is 0.491 e. The van der Waals surface area contributed by atoms with Crippen molar-refractivity contribution in [2.24, 2.45) is 0 Å². The Kier molecular flexibility index (Phi) is 9.31. The van der Waals surface area contributed by atoms with Crippen molar-refractivity contribution in [1.29, 1.82) is 0 Å². The number of ether oxygens (including phenoxy) is 5. The first kappa shape index (κ1) is 27.4. The third-order valence-corrected chi connectivity index (χ3v) is 5.12. The van der Waals surface area contributed by atoms with Crippen LogP contribution in [0.5, 0.6) is 23.3 Å². The van der Waals surface area contributed by atoms with E-state index in [1.54, 1.807) is 17.9 Å². The Morgan fingerprint density at radius 1 is 1.11 bits per heavy atom. The van der Waals surface area contributed by atoms with E-state index >= 15 is 0 Å². The van der Waals surface area contributed by atoms with Gasteiger partial charge in [-0.1, -0.05) is 0 Å². The molecule has 1 saturated heterocycles. The highest BCUT2D eigenvalue weighted by Gasteiger charge is 2.26. The summed E-state index contributed by atoms with van der Waals surface area (Å²) in [6.45, 7) is 13.0. The van der Waals surface area contributed by atoms with Crippen molar-refractivity contribution in [3.8, 4) is 23.3 Å². The van der Waals surface area contributed by atoms with E-state index in [9.17, 15) is 9.18 Å². The molecular weight excluding hydrogens is 469 g/mol. The van der Waals surface area contributed by atoms with Crippen molar-refractivity contribution in [3.63, 3.8) is 0 Å². The van der Waals surface area contributed by atoms with Gasteiger partial charge in [0.2, 0.25) is 11.8 Å². The summed E-state index contributed by atoms with van der Waals surface area (Å²) >= 11 is 0. The van der Waals surface area contributed by atoms with Crippen LogP contribution in [0.25, 0.3) is 0 Å². The monoisotopic (exact) mass is 505 g/mol. The molecule has 0 aliphatic carbocycles. The maximum absolute atomic E-state index is 14.6. The zero-order chi connectivity index (χ0) is 26.3. The van der Waals surface area contributed by atoms with Crippen molar-refractivity contribution in [2.75, 3.05) is 26.3 Å². The molecule has 0 atom stereocenters. The highest BCUT2D eigenvalue weighted by atomic mass is 19.1. The number of aryl methyl sites for hydroxylation is 1. The normalized spacial score (nSPS) is 14.6. The molecule has 1 aliphatic heterocycles. The summed E-state index contributed by atoms with van der Waals surface area (Å²) in [7, 11) is 0. The van der Waals surface area contributed by atoms with Gasteiger partial charge in [-0.3, -0.25) is 0 Å². The highest BCUT2D eigenvalue weighted by Crippen LogP contribution is 2.29. The van der Waals surface area contributed by atoms with Gasteiger partial charge in [0, 0.05) is 32.0 Å². The first-order valence-electron chi connectivity index (χ1n) is 12.2. The molecule has 1 amide bonds. The molecule has 1 aliphatic rings. The van der Waals surface area contributed by atoms with Crippen LogP contribution in [0.4, 0.5) is 9.18 Å².